The fraction of sp³-hybridized carbons (Fsp3) is 0.462. The van der Waals surface area contributed by atoms with Crippen LogP contribution in [-0.4, -0.2) is 41.3 Å². The van der Waals surface area contributed by atoms with Crippen LogP contribution in [0.2, 0.25) is 0 Å². The molecule has 8 nitrogen and oxygen atoms in total. The average molecular weight is 328 g/mol. The van der Waals surface area contributed by atoms with Crippen LogP contribution in [0.4, 0.5) is 5.69 Å². The zero-order valence-corrected chi connectivity index (χ0v) is 12.7. The Morgan fingerprint density at radius 2 is 2.00 bits per heavy atom. The number of aliphatic carboxylic acids is 1. The second kappa shape index (κ2) is 6.01. The molecule has 0 amide bonds. The van der Waals surface area contributed by atoms with E-state index in [0.29, 0.717) is 12.8 Å². The lowest BCUT2D eigenvalue weighted by atomic mass is 9.96. The van der Waals surface area contributed by atoms with Crippen molar-refractivity contribution < 1.29 is 23.2 Å². The highest BCUT2D eigenvalue weighted by Gasteiger charge is 2.39. The minimum atomic E-state index is -4.12. The van der Waals surface area contributed by atoms with Gasteiger partial charge in [0.05, 0.1) is 10.8 Å². The third kappa shape index (κ3) is 2.95. The molecule has 1 saturated heterocycles. The Hall–Kier alpha value is -2.00. The third-order valence-electron chi connectivity index (χ3n) is 3.82. The van der Waals surface area contributed by atoms with Crippen molar-refractivity contribution in [3.8, 4) is 0 Å². The first kappa shape index (κ1) is 16.4. The van der Waals surface area contributed by atoms with E-state index >= 15 is 0 Å². The number of para-hydroxylation sites is 1. The lowest BCUT2D eigenvalue weighted by Crippen LogP contribution is -2.47. The fourth-order valence-corrected chi connectivity index (χ4v) is 4.43. The van der Waals surface area contributed by atoms with Crippen molar-refractivity contribution in [3.63, 3.8) is 0 Å². The monoisotopic (exact) mass is 328 g/mol. The summed E-state index contributed by atoms with van der Waals surface area (Å²) in [4.78, 5) is 21.0. The van der Waals surface area contributed by atoms with Crippen molar-refractivity contribution in [3.05, 3.63) is 34.4 Å². The average Bonchev–Trinajstić information content (AvgIpc) is 2.47. The summed E-state index contributed by atoms with van der Waals surface area (Å²) in [7, 11) is -4.12. The molecule has 22 heavy (non-hydrogen) atoms. The molecule has 2 rings (SSSR count). The molecule has 0 aromatic heterocycles. The van der Waals surface area contributed by atoms with Crippen molar-refractivity contribution in [1.82, 2.24) is 4.31 Å². The number of nitro groups is 1. The van der Waals surface area contributed by atoms with Crippen molar-refractivity contribution in [2.24, 2.45) is 5.92 Å². The van der Waals surface area contributed by atoms with Crippen LogP contribution >= 0.6 is 0 Å². The topological polar surface area (TPSA) is 118 Å². The van der Waals surface area contributed by atoms with Gasteiger partial charge in [0.15, 0.2) is 4.90 Å². The van der Waals surface area contributed by atoms with Crippen LogP contribution < -0.4 is 0 Å². The minimum absolute atomic E-state index is 0.176. The smallest absolute Gasteiger partial charge is 0.307 e. The van der Waals surface area contributed by atoms with Gasteiger partial charge in [-0.2, -0.15) is 4.31 Å². The maximum atomic E-state index is 12.7. The maximum absolute atomic E-state index is 12.7. The number of sulfonamides is 1. The van der Waals surface area contributed by atoms with E-state index in [1.165, 1.54) is 18.2 Å². The summed E-state index contributed by atoms with van der Waals surface area (Å²) in [6, 6.07) is 4.68. The van der Waals surface area contributed by atoms with Gasteiger partial charge in [-0.15, -0.1) is 0 Å². The van der Waals surface area contributed by atoms with E-state index in [2.05, 4.69) is 0 Å². The van der Waals surface area contributed by atoms with Crippen molar-refractivity contribution in [2.75, 3.05) is 6.54 Å². The summed E-state index contributed by atoms with van der Waals surface area (Å²) in [6.07, 6.45) is 0.788. The number of hydrogen-bond donors (Lipinski definition) is 1. The number of hydrogen-bond acceptors (Lipinski definition) is 5. The molecule has 2 atom stereocenters. The summed E-state index contributed by atoms with van der Waals surface area (Å²) in [6.45, 7) is 1.50. The standard InChI is InChI=1S/C13H16N2O6S/c1-9-6-7-10(13(16)17)8-14(9)22(20,21)12-5-3-2-4-11(12)15(18)19/h2-5,9-10H,6-8H2,1H3,(H,16,17). The maximum Gasteiger partial charge on any atom is 0.307 e. The van der Waals surface area contributed by atoms with Crippen molar-refractivity contribution in [2.45, 2.75) is 30.7 Å². The largest absolute Gasteiger partial charge is 0.481 e. The number of nitro benzene ring substituents is 1. The van der Waals surface area contributed by atoms with Gasteiger partial charge in [0.2, 0.25) is 10.0 Å². The number of benzene rings is 1. The zero-order valence-electron chi connectivity index (χ0n) is 11.9. The molecule has 1 fully saturated rings. The summed E-state index contributed by atoms with van der Waals surface area (Å²) < 4.78 is 26.5. The van der Waals surface area contributed by atoms with E-state index in [9.17, 15) is 23.3 Å². The lowest BCUT2D eigenvalue weighted by molar-refractivity contribution is -0.387. The molecule has 1 aromatic carbocycles. The van der Waals surface area contributed by atoms with Crippen molar-refractivity contribution in [1.29, 1.82) is 0 Å². The highest BCUT2D eigenvalue weighted by Crippen LogP contribution is 2.32. The highest BCUT2D eigenvalue weighted by molar-refractivity contribution is 7.89. The predicted octanol–water partition coefficient (Wildman–Crippen LogP) is 1.47. The number of carbonyl (C=O) groups is 1. The molecule has 0 spiro atoms. The molecule has 1 aromatic rings. The Morgan fingerprint density at radius 3 is 2.59 bits per heavy atom. The van der Waals surface area contributed by atoms with E-state index in [0.717, 1.165) is 10.4 Å². The van der Waals surface area contributed by atoms with Crippen molar-refractivity contribution >= 4 is 21.7 Å². The number of carboxylic acids is 1. The van der Waals surface area contributed by atoms with Crippen LogP contribution in [0.15, 0.2) is 29.2 Å². The van der Waals surface area contributed by atoms with Crippen LogP contribution in [0.5, 0.6) is 0 Å². The minimum Gasteiger partial charge on any atom is -0.481 e. The lowest BCUT2D eigenvalue weighted by Gasteiger charge is -2.35. The molecule has 0 bridgehead atoms. The SMILES string of the molecule is CC1CCC(C(=O)O)CN1S(=O)(=O)c1ccccc1[N+](=O)[O-]. The molecule has 120 valence electrons. The zero-order chi connectivity index (χ0) is 16.5. The molecule has 0 radical (unpaired) electrons. The molecule has 1 aliphatic heterocycles. The van der Waals surface area contributed by atoms with Gasteiger partial charge in [-0.05, 0) is 25.8 Å². The number of rotatable bonds is 4. The number of nitrogens with zero attached hydrogens (tertiary/aromatic N) is 2. The Labute approximate surface area is 127 Å². The Bertz CT molecular complexity index is 702. The molecular weight excluding hydrogens is 312 g/mol. The normalized spacial score (nSPS) is 23.1. The van der Waals surface area contributed by atoms with Crippen LogP contribution in [0.3, 0.4) is 0 Å². The quantitative estimate of drug-likeness (QED) is 0.660. The summed E-state index contributed by atoms with van der Waals surface area (Å²) in [5.41, 5.74) is -0.507. The number of carboxylic acid groups (broad SMARTS) is 1. The Morgan fingerprint density at radius 1 is 1.36 bits per heavy atom. The Kier molecular flexibility index (Phi) is 4.47. The molecule has 1 N–H and O–H groups in total. The molecule has 0 aliphatic carbocycles. The highest BCUT2D eigenvalue weighted by atomic mass is 32.2. The second-order valence-corrected chi connectivity index (χ2v) is 7.12. The van der Waals surface area contributed by atoms with Gasteiger partial charge in [0, 0.05) is 18.7 Å². The predicted molar refractivity (Wildman–Crippen MR) is 76.8 cm³/mol. The van der Waals surface area contributed by atoms with E-state index in [-0.39, 0.29) is 6.54 Å². The molecular formula is C13H16N2O6S. The van der Waals surface area contributed by atoms with Gasteiger partial charge < -0.3 is 5.11 Å². The fourth-order valence-electron chi connectivity index (χ4n) is 2.56. The van der Waals surface area contributed by atoms with Crippen LogP contribution in [-0.2, 0) is 14.8 Å². The van der Waals surface area contributed by atoms with Crippen LogP contribution in [0, 0.1) is 16.0 Å². The van der Waals surface area contributed by atoms with Gasteiger partial charge in [-0.3, -0.25) is 14.9 Å². The molecule has 9 heteroatoms. The molecule has 0 saturated carbocycles. The molecule has 2 unspecified atom stereocenters. The summed E-state index contributed by atoms with van der Waals surface area (Å²) >= 11 is 0. The summed E-state index contributed by atoms with van der Waals surface area (Å²) in [5, 5.41) is 20.1. The third-order valence-corrected chi connectivity index (χ3v) is 5.85. The van der Waals surface area contributed by atoms with Gasteiger partial charge >= 0.3 is 5.97 Å². The Balaban J connectivity index is 2.45. The van der Waals surface area contributed by atoms with E-state index in [1.54, 1.807) is 6.92 Å². The molecule has 1 heterocycles. The summed E-state index contributed by atoms with van der Waals surface area (Å²) in [5.74, 6) is -1.86. The van der Waals surface area contributed by atoms with Gasteiger partial charge in [0.25, 0.3) is 5.69 Å². The van der Waals surface area contributed by atoms with Gasteiger partial charge in [0.1, 0.15) is 0 Å². The van der Waals surface area contributed by atoms with E-state index in [1.807, 2.05) is 0 Å². The van der Waals surface area contributed by atoms with E-state index in [4.69, 9.17) is 5.11 Å². The first-order valence-corrected chi connectivity index (χ1v) is 8.17. The second-order valence-electron chi connectivity index (χ2n) is 5.26. The van der Waals surface area contributed by atoms with Gasteiger partial charge in [-0.1, -0.05) is 12.1 Å². The molecule has 1 aliphatic rings. The van der Waals surface area contributed by atoms with E-state index < -0.39 is 43.5 Å². The first-order valence-electron chi connectivity index (χ1n) is 6.73. The first-order chi connectivity index (χ1) is 10.2. The van der Waals surface area contributed by atoms with Crippen LogP contribution in [0.25, 0.3) is 0 Å². The van der Waals surface area contributed by atoms with Gasteiger partial charge in [-0.25, -0.2) is 8.42 Å². The van der Waals surface area contributed by atoms with Crippen LogP contribution in [0.1, 0.15) is 19.8 Å². The number of piperidine rings is 1.